The summed E-state index contributed by atoms with van der Waals surface area (Å²) in [5.41, 5.74) is 22.8. The van der Waals surface area contributed by atoms with Crippen LogP contribution < -0.4 is 9.80 Å². The summed E-state index contributed by atoms with van der Waals surface area (Å²) in [4.78, 5) is 5.14. The molecule has 0 spiro atoms. The number of hydrogen-bond donors (Lipinski definition) is 0. The number of hydrogen-bond acceptors (Lipinski definition) is 4. The molecular formula is C86H80N2O2. The Morgan fingerprint density at radius 1 is 0.311 bits per heavy atom. The van der Waals surface area contributed by atoms with E-state index in [0.717, 1.165) is 77.8 Å². The molecule has 0 N–H and O–H groups in total. The molecule has 0 bridgehead atoms. The van der Waals surface area contributed by atoms with Gasteiger partial charge in [-0.1, -0.05) is 238 Å². The molecule has 4 nitrogen and oxygen atoms in total. The van der Waals surface area contributed by atoms with E-state index in [1.165, 1.54) is 152 Å². The highest BCUT2D eigenvalue weighted by Crippen LogP contribution is 2.55. The number of rotatable bonds is 10. The van der Waals surface area contributed by atoms with Crippen LogP contribution in [0.1, 0.15) is 151 Å². The van der Waals surface area contributed by atoms with Gasteiger partial charge in [0.25, 0.3) is 0 Å². The second-order valence-electron chi connectivity index (χ2n) is 28.5. The highest BCUT2D eigenvalue weighted by molar-refractivity contribution is 6.30. The van der Waals surface area contributed by atoms with Crippen molar-refractivity contribution in [2.24, 2.45) is 0 Å². The molecule has 0 amide bonds. The zero-order valence-corrected chi connectivity index (χ0v) is 53.6. The molecule has 0 unspecified atom stereocenters. The number of anilines is 6. The van der Waals surface area contributed by atoms with Gasteiger partial charge < -0.3 is 18.6 Å². The Morgan fingerprint density at radius 2 is 0.656 bits per heavy atom. The number of nitrogens with zero attached hydrogens (tertiary/aromatic N) is 2. The molecule has 16 rings (SSSR count). The van der Waals surface area contributed by atoms with E-state index >= 15 is 0 Å². The third-order valence-corrected chi connectivity index (χ3v) is 20.8. The lowest BCUT2D eigenvalue weighted by atomic mass is 9.77. The van der Waals surface area contributed by atoms with Gasteiger partial charge in [-0.05, 0) is 177 Å². The van der Waals surface area contributed by atoms with Gasteiger partial charge in [-0.2, -0.15) is 0 Å². The molecule has 12 aromatic carbocycles. The summed E-state index contributed by atoms with van der Waals surface area (Å²) in [5, 5.41) is 12.4. The summed E-state index contributed by atoms with van der Waals surface area (Å²) in [6.45, 7) is 18.3. The Labute approximate surface area is 530 Å². The quantitative estimate of drug-likeness (QED) is 0.128. The average Bonchev–Trinajstić information content (AvgIpc) is 1.23. The van der Waals surface area contributed by atoms with Crippen LogP contribution in [0, 0.1) is 13.8 Å². The first-order valence-electron chi connectivity index (χ1n) is 33.4. The lowest BCUT2D eigenvalue weighted by Crippen LogP contribution is -2.15. The van der Waals surface area contributed by atoms with Crippen molar-refractivity contribution in [2.75, 3.05) is 9.80 Å². The van der Waals surface area contributed by atoms with Crippen molar-refractivity contribution in [3.05, 3.63) is 240 Å². The normalized spacial score (nSPS) is 14.8. The van der Waals surface area contributed by atoms with Gasteiger partial charge in [0, 0.05) is 54.8 Å². The molecule has 0 atom stereocenters. The number of furan rings is 2. The van der Waals surface area contributed by atoms with Crippen molar-refractivity contribution >= 4 is 110 Å². The van der Waals surface area contributed by atoms with Crippen LogP contribution in [0.5, 0.6) is 0 Å². The zero-order valence-electron chi connectivity index (χ0n) is 53.6. The highest BCUT2D eigenvalue weighted by atomic mass is 16.3. The van der Waals surface area contributed by atoms with Gasteiger partial charge in [-0.15, -0.1) is 0 Å². The van der Waals surface area contributed by atoms with Crippen molar-refractivity contribution in [2.45, 2.75) is 142 Å². The summed E-state index contributed by atoms with van der Waals surface area (Å²) in [6.07, 6.45) is 12.2. The monoisotopic (exact) mass is 1170 g/mol. The average molecular weight is 1170 g/mol. The van der Waals surface area contributed by atoms with Crippen LogP contribution in [0.2, 0.25) is 0 Å². The number of fused-ring (bicyclic) bond motifs is 6. The van der Waals surface area contributed by atoms with Gasteiger partial charge in [-0.3, -0.25) is 0 Å². The van der Waals surface area contributed by atoms with Crippen molar-refractivity contribution in [3.63, 3.8) is 0 Å². The van der Waals surface area contributed by atoms with E-state index in [-0.39, 0.29) is 10.8 Å². The Bertz CT molecular complexity index is 4750. The third kappa shape index (κ3) is 9.29. The Kier molecular flexibility index (Phi) is 13.6. The van der Waals surface area contributed by atoms with E-state index in [9.17, 15) is 0 Å². The van der Waals surface area contributed by atoms with E-state index in [2.05, 4.69) is 271 Å². The maximum absolute atomic E-state index is 7.46. The summed E-state index contributed by atoms with van der Waals surface area (Å²) in [7, 11) is 0. The predicted molar refractivity (Wildman–Crippen MR) is 383 cm³/mol. The van der Waals surface area contributed by atoms with Gasteiger partial charge in [0.15, 0.2) is 11.2 Å². The largest absolute Gasteiger partial charge is 0.453 e. The fourth-order valence-electron chi connectivity index (χ4n) is 16.1. The topological polar surface area (TPSA) is 32.8 Å². The third-order valence-electron chi connectivity index (χ3n) is 20.8. The Balaban J connectivity index is 1.01. The number of aryl methyl sites for hydroxylation is 2. The van der Waals surface area contributed by atoms with Gasteiger partial charge in [0.05, 0.1) is 22.7 Å². The summed E-state index contributed by atoms with van der Waals surface area (Å²) < 4.78 is 14.9. The molecule has 2 heterocycles. The first-order chi connectivity index (χ1) is 43.8. The van der Waals surface area contributed by atoms with Gasteiger partial charge in [0.2, 0.25) is 0 Å². The lowest BCUT2D eigenvalue weighted by Gasteiger charge is -2.33. The molecule has 2 aromatic heterocycles. The molecular weight excluding hydrogens is 1090 g/mol. The van der Waals surface area contributed by atoms with Gasteiger partial charge in [-0.25, -0.2) is 0 Å². The van der Waals surface area contributed by atoms with Crippen molar-refractivity contribution in [1.29, 1.82) is 0 Å². The van der Waals surface area contributed by atoms with Gasteiger partial charge in [0.1, 0.15) is 11.2 Å². The van der Waals surface area contributed by atoms with Crippen LogP contribution in [0.15, 0.2) is 215 Å². The maximum Gasteiger partial charge on any atom is 0.159 e. The molecule has 2 aliphatic rings. The minimum atomic E-state index is -0.0222. The summed E-state index contributed by atoms with van der Waals surface area (Å²) in [5.74, 6) is 0.826. The number of benzene rings is 12. The fourth-order valence-corrected chi connectivity index (χ4v) is 16.1. The van der Waals surface area contributed by atoms with Crippen molar-refractivity contribution in [3.8, 4) is 22.3 Å². The molecule has 4 heteroatoms. The SMILES string of the molecule is Cc1ccccc1-c1cccc2c1oc1c(N(c3ccc(C(C)(C)C)cc3)c3cc(C4CCCCC4)c4ccc5c(N(c6ccc(C(C)(C)C)cc6)c6cccc7c6oc6c(-c8ccccc8C)cccc67)cc(C6CCCCC6)c6ccc3c4c65)cccc12. The second-order valence-corrected chi connectivity index (χ2v) is 28.5. The van der Waals surface area contributed by atoms with E-state index in [1.54, 1.807) is 0 Å². The molecule has 14 aromatic rings. The molecule has 0 aliphatic heterocycles. The zero-order chi connectivity index (χ0) is 61.2. The van der Waals surface area contributed by atoms with Crippen LogP contribution in [0.25, 0.3) is 98.4 Å². The molecule has 90 heavy (non-hydrogen) atoms. The standard InChI is InChI=1S/C86H80N2O2/c1-53-23-15-17-29-61(53)65-31-19-33-67-69-35-21-37-75(83(69)89-81(65)67)87(59-43-39-57(40-44-59)85(3,4)5)77-51-73(55-25-11-9-12-26-55)63-48-50-72-78(52-74(56-27-13-10-14-28-56)64-47-49-71(77)79(63)80(64)72)88(60-45-41-58(42-46-60)86(6,7)8)76-38-22-36-70-68-34-20-32-66(82(68)90-84(70)76)62-30-18-16-24-54(62)2/h15-24,29-52,55-56H,9-14,25-28H2,1-8H3. The smallest absolute Gasteiger partial charge is 0.159 e. The molecule has 2 aliphatic carbocycles. The van der Waals surface area contributed by atoms with E-state index in [4.69, 9.17) is 8.83 Å². The van der Waals surface area contributed by atoms with Crippen molar-refractivity contribution < 1.29 is 8.83 Å². The Hall–Kier alpha value is -9.12. The van der Waals surface area contributed by atoms with Crippen LogP contribution in [-0.4, -0.2) is 0 Å². The lowest BCUT2D eigenvalue weighted by molar-refractivity contribution is 0.445. The molecule has 0 saturated heterocycles. The predicted octanol–water partition coefficient (Wildman–Crippen LogP) is 26.0. The van der Waals surface area contributed by atoms with E-state index in [1.807, 2.05) is 0 Å². The van der Waals surface area contributed by atoms with Crippen LogP contribution >= 0.6 is 0 Å². The first-order valence-corrected chi connectivity index (χ1v) is 33.4. The maximum atomic E-state index is 7.46. The minimum absolute atomic E-state index is 0.0222. The van der Waals surface area contributed by atoms with Crippen molar-refractivity contribution in [1.82, 2.24) is 0 Å². The fraction of sp³-hybridized carbons (Fsp3) is 0.256. The van der Waals surface area contributed by atoms with Crippen LogP contribution in [0.4, 0.5) is 34.1 Å². The summed E-state index contributed by atoms with van der Waals surface area (Å²) in [6, 6.07) is 78.5. The minimum Gasteiger partial charge on any atom is -0.453 e. The molecule has 446 valence electrons. The highest BCUT2D eigenvalue weighted by Gasteiger charge is 2.32. The van der Waals surface area contributed by atoms with Crippen LogP contribution in [-0.2, 0) is 10.8 Å². The van der Waals surface area contributed by atoms with Crippen LogP contribution in [0.3, 0.4) is 0 Å². The molecule has 0 radical (unpaired) electrons. The summed E-state index contributed by atoms with van der Waals surface area (Å²) >= 11 is 0. The second kappa shape index (κ2) is 21.8. The Morgan fingerprint density at radius 3 is 1.03 bits per heavy atom. The van der Waals surface area contributed by atoms with Gasteiger partial charge >= 0.3 is 0 Å². The number of para-hydroxylation sites is 4. The first kappa shape index (κ1) is 56.1. The van der Waals surface area contributed by atoms with E-state index in [0.29, 0.717) is 11.8 Å². The molecule has 2 saturated carbocycles. The van der Waals surface area contributed by atoms with E-state index < -0.39 is 0 Å². The molecule has 2 fully saturated rings.